The molecule has 0 aliphatic carbocycles. The van der Waals surface area contributed by atoms with Crippen molar-refractivity contribution in [1.82, 2.24) is 30.2 Å². The summed E-state index contributed by atoms with van der Waals surface area (Å²) < 4.78 is 1.71. The molecule has 3 aromatic heterocycles. The molecule has 136 valence electrons. The van der Waals surface area contributed by atoms with Crippen molar-refractivity contribution in [3.63, 3.8) is 0 Å². The van der Waals surface area contributed by atoms with E-state index in [1.54, 1.807) is 28.4 Å². The number of thiophene rings is 1. The van der Waals surface area contributed by atoms with Crippen molar-refractivity contribution in [3.05, 3.63) is 64.4 Å². The van der Waals surface area contributed by atoms with Crippen LogP contribution >= 0.6 is 23.7 Å². The van der Waals surface area contributed by atoms with Crippen molar-refractivity contribution in [1.29, 1.82) is 0 Å². The highest BCUT2D eigenvalue weighted by atomic mass is 35.5. The molecule has 1 aliphatic rings. The monoisotopic (exact) mass is 390 g/mol. The van der Waals surface area contributed by atoms with Crippen LogP contribution in [0, 0.1) is 0 Å². The standard InChI is InChI=1S/C17H18N6OS.ClH/c24-17(15-12-22(21-20-15)11-14-4-2-8-25-14)23-7-6-19-10-16(23)13-3-1-5-18-9-13;/h1-5,8-9,12,16,19H,6-7,10-11H2;1H. The normalized spacial score (nSPS) is 16.9. The van der Waals surface area contributed by atoms with Crippen LogP contribution in [-0.2, 0) is 6.54 Å². The largest absolute Gasteiger partial charge is 0.328 e. The highest BCUT2D eigenvalue weighted by Gasteiger charge is 2.30. The fraction of sp³-hybridized carbons (Fsp3) is 0.294. The number of carbonyl (C=O) groups excluding carboxylic acids is 1. The van der Waals surface area contributed by atoms with E-state index in [-0.39, 0.29) is 24.4 Å². The minimum Gasteiger partial charge on any atom is -0.328 e. The van der Waals surface area contributed by atoms with Gasteiger partial charge in [-0.3, -0.25) is 9.78 Å². The Morgan fingerprint density at radius 1 is 1.35 bits per heavy atom. The van der Waals surface area contributed by atoms with Crippen LogP contribution in [0.5, 0.6) is 0 Å². The summed E-state index contributed by atoms with van der Waals surface area (Å²) in [6.45, 7) is 2.74. The van der Waals surface area contributed by atoms with Gasteiger partial charge in [-0.2, -0.15) is 0 Å². The quantitative estimate of drug-likeness (QED) is 0.737. The number of hydrogen-bond donors (Lipinski definition) is 1. The Morgan fingerprint density at radius 2 is 2.27 bits per heavy atom. The van der Waals surface area contributed by atoms with Crippen molar-refractivity contribution in [2.24, 2.45) is 0 Å². The Morgan fingerprint density at radius 3 is 3.04 bits per heavy atom. The van der Waals surface area contributed by atoms with Crippen LogP contribution in [0.1, 0.15) is 27.0 Å². The highest BCUT2D eigenvalue weighted by Crippen LogP contribution is 2.23. The number of carbonyl (C=O) groups is 1. The zero-order valence-electron chi connectivity index (χ0n) is 14.0. The van der Waals surface area contributed by atoms with Crippen molar-refractivity contribution in [3.8, 4) is 0 Å². The number of halogens is 1. The first-order valence-corrected chi connectivity index (χ1v) is 9.03. The SMILES string of the molecule is Cl.O=C(c1cn(Cc2cccs2)nn1)N1CCNCC1c1cccnc1. The lowest BCUT2D eigenvalue weighted by molar-refractivity contribution is 0.0627. The number of nitrogens with one attached hydrogen (secondary N) is 1. The number of nitrogens with zero attached hydrogens (tertiary/aromatic N) is 5. The van der Waals surface area contributed by atoms with Gasteiger partial charge < -0.3 is 10.2 Å². The van der Waals surface area contributed by atoms with Gasteiger partial charge in [0.05, 0.1) is 18.8 Å². The van der Waals surface area contributed by atoms with E-state index in [1.807, 2.05) is 40.7 Å². The Hall–Kier alpha value is -2.29. The van der Waals surface area contributed by atoms with Gasteiger partial charge >= 0.3 is 0 Å². The van der Waals surface area contributed by atoms with Gasteiger partial charge in [0, 0.05) is 36.9 Å². The van der Waals surface area contributed by atoms with Gasteiger partial charge in [-0.05, 0) is 23.1 Å². The molecule has 1 saturated heterocycles. The fourth-order valence-corrected chi connectivity index (χ4v) is 3.70. The molecule has 3 aromatic rings. The number of aromatic nitrogens is 4. The van der Waals surface area contributed by atoms with Gasteiger partial charge in [-0.1, -0.05) is 17.3 Å². The third-order valence-electron chi connectivity index (χ3n) is 4.23. The Labute approximate surface area is 161 Å². The summed E-state index contributed by atoms with van der Waals surface area (Å²) in [7, 11) is 0. The molecule has 7 nitrogen and oxygen atoms in total. The molecule has 4 rings (SSSR count). The number of pyridine rings is 1. The maximum absolute atomic E-state index is 13.0. The second-order valence-corrected chi connectivity index (χ2v) is 6.92. The minimum atomic E-state index is -0.0900. The maximum atomic E-state index is 13.0. The molecule has 1 fully saturated rings. The van der Waals surface area contributed by atoms with E-state index in [2.05, 4.69) is 20.6 Å². The highest BCUT2D eigenvalue weighted by molar-refractivity contribution is 7.09. The zero-order valence-corrected chi connectivity index (χ0v) is 15.6. The molecule has 4 heterocycles. The molecule has 1 amide bonds. The molecular formula is C17H19ClN6OS. The first-order valence-electron chi connectivity index (χ1n) is 8.15. The molecule has 1 aliphatic heterocycles. The summed E-state index contributed by atoms with van der Waals surface area (Å²) in [5.74, 6) is -0.0900. The van der Waals surface area contributed by atoms with Crippen molar-refractivity contribution < 1.29 is 4.79 Å². The van der Waals surface area contributed by atoms with Gasteiger partial charge in [0.15, 0.2) is 5.69 Å². The summed E-state index contributed by atoms with van der Waals surface area (Å²) in [5, 5.41) is 13.6. The van der Waals surface area contributed by atoms with Crippen LogP contribution in [0.2, 0.25) is 0 Å². The van der Waals surface area contributed by atoms with Crippen LogP contribution in [0.15, 0.2) is 48.2 Å². The molecule has 0 spiro atoms. The number of rotatable bonds is 4. The predicted octanol–water partition coefficient (Wildman–Crippen LogP) is 1.99. The Balaban J connectivity index is 0.00000196. The summed E-state index contributed by atoms with van der Waals surface area (Å²) in [6.07, 6.45) is 5.28. The minimum absolute atomic E-state index is 0. The molecule has 0 saturated carbocycles. The molecule has 26 heavy (non-hydrogen) atoms. The van der Waals surface area contributed by atoms with E-state index in [4.69, 9.17) is 0 Å². The fourth-order valence-electron chi connectivity index (χ4n) is 3.00. The first kappa shape index (κ1) is 18.5. The van der Waals surface area contributed by atoms with Crippen molar-refractivity contribution in [2.75, 3.05) is 19.6 Å². The van der Waals surface area contributed by atoms with E-state index in [0.717, 1.165) is 12.1 Å². The van der Waals surface area contributed by atoms with E-state index in [0.29, 0.717) is 25.3 Å². The topological polar surface area (TPSA) is 75.9 Å². The molecule has 1 N–H and O–H groups in total. The summed E-state index contributed by atoms with van der Waals surface area (Å²) in [6, 6.07) is 7.89. The summed E-state index contributed by atoms with van der Waals surface area (Å²) in [5.41, 5.74) is 1.40. The molecule has 0 bridgehead atoms. The average molecular weight is 391 g/mol. The lowest BCUT2D eigenvalue weighted by Crippen LogP contribution is -2.48. The van der Waals surface area contributed by atoms with Crippen LogP contribution in [0.25, 0.3) is 0 Å². The number of hydrogen-bond acceptors (Lipinski definition) is 6. The van der Waals surface area contributed by atoms with Crippen LogP contribution < -0.4 is 5.32 Å². The van der Waals surface area contributed by atoms with E-state index in [1.165, 1.54) is 4.88 Å². The third-order valence-corrected chi connectivity index (χ3v) is 5.09. The predicted molar refractivity (Wildman–Crippen MR) is 102 cm³/mol. The van der Waals surface area contributed by atoms with Crippen molar-refractivity contribution >= 4 is 29.7 Å². The van der Waals surface area contributed by atoms with Crippen LogP contribution in [0.3, 0.4) is 0 Å². The summed E-state index contributed by atoms with van der Waals surface area (Å²) >= 11 is 1.66. The average Bonchev–Trinajstić information content (AvgIpc) is 3.34. The first-order chi connectivity index (χ1) is 12.3. The third kappa shape index (κ3) is 3.92. The smallest absolute Gasteiger partial charge is 0.276 e. The molecular weight excluding hydrogens is 372 g/mol. The van der Waals surface area contributed by atoms with Crippen LogP contribution in [-0.4, -0.2) is 50.4 Å². The van der Waals surface area contributed by atoms with E-state index < -0.39 is 0 Å². The number of amides is 1. The Kier molecular flexibility index (Phi) is 5.97. The van der Waals surface area contributed by atoms with Gasteiger partial charge in [0.2, 0.25) is 0 Å². The number of piperazine rings is 1. The second-order valence-electron chi connectivity index (χ2n) is 5.89. The van der Waals surface area contributed by atoms with Gasteiger partial charge in [-0.15, -0.1) is 28.8 Å². The van der Waals surface area contributed by atoms with Gasteiger partial charge in [-0.25, -0.2) is 4.68 Å². The van der Waals surface area contributed by atoms with Gasteiger partial charge in [0.1, 0.15) is 0 Å². The molecule has 1 atom stereocenters. The van der Waals surface area contributed by atoms with E-state index in [9.17, 15) is 4.79 Å². The van der Waals surface area contributed by atoms with Crippen molar-refractivity contribution in [2.45, 2.75) is 12.6 Å². The molecule has 0 aromatic carbocycles. The molecule has 0 radical (unpaired) electrons. The van der Waals surface area contributed by atoms with Gasteiger partial charge in [0.25, 0.3) is 5.91 Å². The lowest BCUT2D eigenvalue weighted by atomic mass is 10.0. The molecule has 9 heteroatoms. The van der Waals surface area contributed by atoms with Crippen LogP contribution in [0.4, 0.5) is 0 Å². The summed E-state index contributed by atoms with van der Waals surface area (Å²) in [4.78, 5) is 20.2. The second kappa shape index (κ2) is 8.39. The molecule has 1 unspecified atom stereocenters. The Bertz CT molecular complexity index is 838. The van der Waals surface area contributed by atoms with E-state index >= 15 is 0 Å². The maximum Gasteiger partial charge on any atom is 0.276 e. The zero-order chi connectivity index (χ0) is 17.1. The lowest BCUT2D eigenvalue weighted by Gasteiger charge is -2.35.